The molecule has 0 heterocycles. The molecule has 0 saturated heterocycles. The lowest BCUT2D eigenvalue weighted by molar-refractivity contribution is -0.384. The third-order valence-corrected chi connectivity index (χ3v) is 3.44. The van der Waals surface area contributed by atoms with E-state index in [1.165, 1.54) is 6.07 Å². The topological polar surface area (TPSA) is 95.5 Å². The molecule has 0 aliphatic carbocycles. The minimum atomic E-state index is -0.494. The normalized spacial score (nSPS) is 14.1. The molecule has 6 heteroatoms. The van der Waals surface area contributed by atoms with Crippen molar-refractivity contribution >= 4 is 17.3 Å². The molecule has 2 N–H and O–H groups in total. The van der Waals surface area contributed by atoms with Gasteiger partial charge in [0.2, 0.25) is 0 Å². The predicted octanol–water partition coefficient (Wildman–Crippen LogP) is 3.72. The van der Waals surface area contributed by atoms with Gasteiger partial charge in [0.05, 0.1) is 10.8 Å². The number of rotatable bonds is 6. The Morgan fingerprint density at radius 1 is 1.35 bits per heavy atom. The van der Waals surface area contributed by atoms with Crippen molar-refractivity contribution in [3.05, 3.63) is 33.9 Å². The van der Waals surface area contributed by atoms with Crippen molar-refractivity contribution in [3.8, 4) is 0 Å². The van der Waals surface area contributed by atoms with Crippen LogP contribution in [0.5, 0.6) is 0 Å². The Balaban J connectivity index is 2.66. The first-order valence-corrected chi connectivity index (χ1v) is 7.75. The lowest BCUT2D eigenvalue weighted by Crippen LogP contribution is -2.28. The number of ether oxygens (including phenoxy) is 1. The molecule has 0 aliphatic rings. The highest BCUT2D eigenvalue weighted by Crippen LogP contribution is 2.26. The molecule has 2 atom stereocenters. The third-order valence-electron chi connectivity index (χ3n) is 3.44. The van der Waals surface area contributed by atoms with E-state index in [1.807, 2.05) is 34.6 Å². The van der Waals surface area contributed by atoms with Crippen molar-refractivity contribution in [3.63, 3.8) is 0 Å². The maximum absolute atomic E-state index is 12.0. The number of nitro groups is 1. The zero-order chi connectivity index (χ0) is 17.8. The molecule has 0 amide bonds. The largest absolute Gasteiger partial charge is 0.460 e. The highest BCUT2D eigenvalue weighted by atomic mass is 16.6. The maximum Gasteiger partial charge on any atom is 0.309 e. The van der Waals surface area contributed by atoms with Gasteiger partial charge in [0.15, 0.2) is 0 Å². The molecule has 128 valence electrons. The van der Waals surface area contributed by atoms with Crippen LogP contribution in [-0.2, 0) is 16.0 Å². The number of nitrogens with two attached hydrogens (primary N) is 1. The number of nitrogens with zero attached hydrogens (tertiary/aromatic N) is 1. The van der Waals surface area contributed by atoms with Gasteiger partial charge in [-0.1, -0.05) is 19.9 Å². The molecule has 23 heavy (non-hydrogen) atoms. The van der Waals surface area contributed by atoms with E-state index in [2.05, 4.69) is 0 Å². The maximum atomic E-state index is 12.0. The number of carbonyl (C=O) groups excluding carboxylic acids is 1. The number of esters is 1. The van der Waals surface area contributed by atoms with Gasteiger partial charge in [-0.2, -0.15) is 0 Å². The summed E-state index contributed by atoms with van der Waals surface area (Å²) in [6.07, 6.45) is 1.31. The van der Waals surface area contributed by atoms with E-state index >= 15 is 0 Å². The van der Waals surface area contributed by atoms with Gasteiger partial charge in [-0.3, -0.25) is 14.9 Å². The van der Waals surface area contributed by atoms with Crippen molar-refractivity contribution < 1.29 is 14.5 Å². The summed E-state index contributed by atoms with van der Waals surface area (Å²) in [5, 5.41) is 10.9. The van der Waals surface area contributed by atoms with Gasteiger partial charge in [0, 0.05) is 6.07 Å². The zero-order valence-corrected chi connectivity index (χ0v) is 14.5. The van der Waals surface area contributed by atoms with Crippen LogP contribution in [0.3, 0.4) is 0 Å². The van der Waals surface area contributed by atoms with Crippen molar-refractivity contribution in [1.82, 2.24) is 0 Å². The van der Waals surface area contributed by atoms with Crippen molar-refractivity contribution in [2.24, 2.45) is 11.8 Å². The number of carbonyl (C=O) groups is 1. The Morgan fingerprint density at radius 3 is 2.48 bits per heavy atom. The first-order valence-electron chi connectivity index (χ1n) is 7.75. The standard InChI is InChI=1S/C17H26N2O4/c1-11(8-12(2)16(20)23-17(3,4)5)9-13-6-7-14(18)15(10-13)19(21)22/h6-7,10-12H,8-9,18H2,1-5H3/t11-,12?/m1/s1. The summed E-state index contributed by atoms with van der Waals surface area (Å²) in [6.45, 7) is 9.39. The Kier molecular flexibility index (Phi) is 6.12. The predicted molar refractivity (Wildman–Crippen MR) is 90.0 cm³/mol. The van der Waals surface area contributed by atoms with Crippen LogP contribution in [0.25, 0.3) is 0 Å². The second kappa shape index (κ2) is 7.44. The fourth-order valence-electron chi connectivity index (χ4n) is 2.46. The summed E-state index contributed by atoms with van der Waals surface area (Å²) < 4.78 is 5.37. The van der Waals surface area contributed by atoms with Crippen molar-refractivity contribution in [2.45, 2.75) is 53.1 Å². The van der Waals surface area contributed by atoms with Crippen molar-refractivity contribution in [2.75, 3.05) is 5.73 Å². The number of hydrogen-bond donors (Lipinski definition) is 1. The average Bonchev–Trinajstić information content (AvgIpc) is 2.38. The molecule has 1 aromatic carbocycles. The van der Waals surface area contributed by atoms with E-state index < -0.39 is 10.5 Å². The average molecular weight is 322 g/mol. The fourth-order valence-corrected chi connectivity index (χ4v) is 2.46. The van der Waals surface area contributed by atoms with E-state index in [9.17, 15) is 14.9 Å². The summed E-state index contributed by atoms with van der Waals surface area (Å²) in [5.41, 5.74) is 6.03. The van der Waals surface area contributed by atoms with Crippen LogP contribution in [0.1, 0.15) is 46.6 Å². The third kappa shape index (κ3) is 6.26. The quantitative estimate of drug-likeness (QED) is 0.372. The second-order valence-corrected chi connectivity index (χ2v) is 7.13. The molecule has 0 bridgehead atoms. The highest BCUT2D eigenvalue weighted by molar-refractivity contribution is 5.72. The molecule has 1 rings (SSSR count). The highest BCUT2D eigenvalue weighted by Gasteiger charge is 2.23. The first kappa shape index (κ1) is 18.9. The Labute approximate surface area is 137 Å². The molecule has 1 unspecified atom stereocenters. The van der Waals surface area contributed by atoms with E-state index in [4.69, 9.17) is 10.5 Å². The van der Waals surface area contributed by atoms with Gasteiger partial charge in [-0.25, -0.2) is 0 Å². The first-order chi connectivity index (χ1) is 10.5. The minimum absolute atomic E-state index is 0.0742. The molecule has 0 fully saturated rings. The molecule has 0 spiro atoms. The van der Waals surface area contributed by atoms with Crippen LogP contribution >= 0.6 is 0 Å². The molecular weight excluding hydrogens is 296 g/mol. The molecule has 0 saturated carbocycles. The lowest BCUT2D eigenvalue weighted by Gasteiger charge is -2.23. The lowest BCUT2D eigenvalue weighted by atomic mass is 9.91. The summed E-state index contributed by atoms with van der Waals surface area (Å²) in [4.78, 5) is 22.5. The SMILES string of the molecule is CC(C[C@@H](C)Cc1ccc(N)c([N+](=O)[O-])c1)C(=O)OC(C)(C)C. The van der Waals surface area contributed by atoms with E-state index in [0.29, 0.717) is 12.8 Å². The van der Waals surface area contributed by atoms with Crippen LogP contribution in [0, 0.1) is 22.0 Å². The van der Waals surface area contributed by atoms with E-state index in [1.54, 1.807) is 12.1 Å². The van der Waals surface area contributed by atoms with Gasteiger partial charge >= 0.3 is 5.97 Å². The number of hydrogen-bond acceptors (Lipinski definition) is 5. The number of benzene rings is 1. The fraction of sp³-hybridized carbons (Fsp3) is 0.588. The monoisotopic (exact) mass is 322 g/mol. The number of nitrogen functional groups attached to an aromatic ring is 1. The van der Waals surface area contributed by atoms with Crippen LogP contribution in [0.2, 0.25) is 0 Å². The Bertz CT molecular complexity index is 578. The second-order valence-electron chi connectivity index (χ2n) is 7.13. The summed E-state index contributed by atoms with van der Waals surface area (Å²) in [6, 6.07) is 4.85. The van der Waals surface area contributed by atoms with E-state index in [-0.39, 0.29) is 29.2 Å². The smallest absolute Gasteiger partial charge is 0.309 e. The molecular formula is C17H26N2O4. The van der Waals surface area contributed by atoms with Gasteiger partial charge in [-0.05, 0) is 51.2 Å². The summed E-state index contributed by atoms with van der Waals surface area (Å²) in [7, 11) is 0. The van der Waals surface area contributed by atoms with Crippen LogP contribution < -0.4 is 5.73 Å². The summed E-state index contributed by atoms with van der Waals surface area (Å²) >= 11 is 0. The minimum Gasteiger partial charge on any atom is -0.460 e. The van der Waals surface area contributed by atoms with Crippen molar-refractivity contribution in [1.29, 1.82) is 0 Å². The van der Waals surface area contributed by atoms with Gasteiger partial charge in [-0.15, -0.1) is 0 Å². The van der Waals surface area contributed by atoms with Crippen LogP contribution in [0.15, 0.2) is 18.2 Å². The van der Waals surface area contributed by atoms with Gasteiger partial charge in [0.1, 0.15) is 11.3 Å². The summed E-state index contributed by atoms with van der Waals surface area (Å²) in [5.74, 6) is -0.235. The molecule has 6 nitrogen and oxygen atoms in total. The van der Waals surface area contributed by atoms with Gasteiger partial charge < -0.3 is 10.5 Å². The van der Waals surface area contributed by atoms with Gasteiger partial charge in [0.25, 0.3) is 5.69 Å². The number of anilines is 1. The van der Waals surface area contributed by atoms with E-state index in [0.717, 1.165) is 5.56 Å². The van der Waals surface area contributed by atoms with Crippen LogP contribution in [-0.4, -0.2) is 16.5 Å². The Morgan fingerprint density at radius 2 is 1.96 bits per heavy atom. The zero-order valence-electron chi connectivity index (χ0n) is 14.5. The molecule has 1 aromatic rings. The molecule has 0 aliphatic heterocycles. The number of nitro benzene ring substituents is 1. The molecule has 0 radical (unpaired) electrons. The van der Waals surface area contributed by atoms with Crippen LogP contribution in [0.4, 0.5) is 11.4 Å². The Hall–Kier alpha value is -2.11. The molecule has 0 aromatic heterocycles.